The Balaban J connectivity index is 0.000000255. The van der Waals surface area contributed by atoms with Gasteiger partial charge in [0.25, 0.3) is 11.8 Å². The molecule has 0 bridgehead atoms. The molecule has 6 N–H and O–H groups in total. The number of nitrogens with two attached hydrogens (primary N) is 1. The highest BCUT2D eigenvalue weighted by Gasteiger charge is 2.27. The molecular weight excluding hydrogens is 991 g/mol. The second-order valence-electron chi connectivity index (χ2n) is 16.8. The molecule has 8 rings (SSSR count). The molecule has 2 amide bonds. The summed E-state index contributed by atoms with van der Waals surface area (Å²) in [4.78, 5) is 44.6. The molecular formula is C48H55Cl3N14O7. The van der Waals surface area contributed by atoms with Gasteiger partial charge in [-0.15, -0.1) is 12.4 Å². The number of carbonyl (C=O) groups is 3. The number of Topliss-reactive ketones (excluding diaryl/α,β-unsaturated/α-hetero) is 1. The van der Waals surface area contributed by atoms with E-state index in [4.69, 9.17) is 51.0 Å². The Morgan fingerprint density at radius 3 is 1.53 bits per heavy atom. The second kappa shape index (κ2) is 26.5. The van der Waals surface area contributed by atoms with Crippen molar-refractivity contribution < 1.29 is 34.3 Å². The number of ketones is 1. The van der Waals surface area contributed by atoms with Crippen molar-refractivity contribution in [2.75, 3.05) is 13.2 Å². The first-order valence-corrected chi connectivity index (χ1v) is 23.4. The zero-order valence-electron chi connectivity index (χ0n) is 39.9. The van der Waals surface area contributed by atoms with Crippen LogP contribution in [0.3, 0.4) is 0 Å². The van der Waals surface area contributed by atoms with E-state index in [-0.39, 0.29) is 65.9 Å². The molecule has 6 aromatic rings. The maximum atomic E-state index is 12.9. The van der Waals surface area contributed by atoms with Gasteiger partial charge in [-0.3, -0.25) is 23.7 Å². The van der Waals surface area contributed by atoms with Gasteiger partial charge in [0.05, 0.1) is 43.3 Å². The van der Waals surface area contributed by atoms with Gasteiger partial charge in [-0.1, -0.05) is 52.6 Å². The lowest BCUT2D eigenvalue weighted by molar-refractivity contribution is -0.0406. The summed E-state index contributed by atoms with van der Waals surface area (Å²) in [5, 5.41) is 43.6. The highest BCUT2D eigenvalue weighted by atomic mass is 35.5. The van der Waals surface area contributed by atoms with Crippen molar-refractivity contribution in [2.24, 2.45) is 11.1 Å². The minimum absolute atomic E-state index is 0. The fraction of sp³-hybridized carbons (Fsp3) is 0.375. The standard InChI is InChI=1S/C24H26ClN7O3.C24H25ClN6O3.ClH.H3NO/c1-15(14-31-10-9-19(28-31)17-7-8-20(26-3)18(25)12-17)27-24(33)21-13-22(16(2)30-34)32(29-21)23-6-4-5-11-35-23;1-15(14-30-10-9-19(28-30)17-7-8-20(26-3)18(25)12-17)27-24(33)21-13-22(16(2)32)31(29-21)23-6-4-5-11-34-23;;1-2/h7-10,12-13,15,23,34H,4-6,11,14H2,1-2H3,(H,27,33);7-10,12-13,15,23H,4-6,11,14H2,1-2H3,(H,27,33);1H;2H,1H2/b30-16-;;;/t2*15-,23?;;/m00../s1. The van der Waals surface area contributed by atoms with Gasteiger partial charge in [-0.05, 0) is 89.6 Å². The molecule has 4 atom stereocenters. The fourth-order valence-corrected chi connectivity index (χ4v) is 8.31. The molecule has 2 saturated heterocycles. The van der Waals surface area contributed by atoms with Crippen LogP contribution in [0, 0.1) is 13.1 Å². The lowest BCUT2D eigenvalue weighted by Crippen LogP contribution is -2.36. The summed E-state index contributed by atoms with van der Waals surface area (Å²) < 4.78 is 18.2. The van der Waals surface area contributed by atoms with E-state index in [9.17, 15) is 19.6 Å². The first kappa shape index (κ1) is 56.0. The molecule has 2 fully saturated rings. The van der Waals surface area contributed by atoms with E-state index in [0.29, 0.717) is 70.5 Å². The Labute approximate surface area is 431 Å². The van der Waals surface area contributed by atoms with Gasteiger partial charge in [0.15, 0.2) is 29.6 Å². The number of aromatic nitrogens is 8. The van der Waals surface area contributed by atoms with E-state index in [2.05, 4.69) is 51.8 Å². The van der Waals surface area contributed by atoms with E-state index in [1.807, 2.05) is 38.4 Å². The zero-order chi connectivity index (χ0) is 51.2. The number of hydrogen-bond acceptors (Lipinski definition) is 13. The Morgan fingerprint density at radius 1 is 0.722 bits per heavy atom. The number of rotatable bonds is 14. The number of hydrogen-bond donors (Lipinski definition) is 5. The normalized spacial score (nSPS) is 16.2. The summed E-state index contributed by atoms with van der Waals surface area (Å²) >= 11 is 12.3. The third-order valence-corrected chi connectivity index (χ3v) is 12.0. The molecule has 0 spiro atoms. The summed E-state index contributed by atoms with van der Waals surface area (Å²) in [7, 11) is 0. The van der Waals surface area contributed by atoms with Gasteiger partial charge >= 0.3 is 0 Å². The number of nitrogens with zero attached hydrogens (tertiary/aromatic N) is 11. The van der Waals surface area contributed by atoms with Crippen molar-refractivity contribution in [3.8, 4) is 22.5 Å². The summed E-state index contributed by atoms with van der Waals surface area (Å²) in [5.41, 5.74) is 5.50. The maximum Gasteiger partial charge on any atom is 0.272 e. The molecule has 21 nitrogen and oxygen atoms in total. The largest absolute Gasteiger partial charge is 0.411 e. The van der Waals surface area contributed by atoms with Gasteiger partial charge in [0.1, 0.15) is 11.4 Å². The van der Waals surface area contributed by atoms with Crippen molar-refractivity contribution in [2.45, 2.75) is 104 Å². The lowest BCUT2D eigenvalue weighted by Gasteiger charge is -2.24. The molecule has 6 heterocycles. The monoisotopic (exact) mass is 1040 g/mol. The Kier molecular flexibility index (Phi) is 20.6. The number of halogens is 3. The molecule has 24 heteroatoms. The average molecular weight is 1050 g/mol. The topological polar surface area (TPSA) is 253 Å². The fourth-order valence-electron chi connectivity index (χ4n) is 7.86. The molecule has 2 aliphatic heterocycles. The minimum Gasteiger partial charge on any atom is -0.411 e. The van der Waals surface area contributed by atoms with Crippen molar-refractivity contribution >= 4 is 70.3 Å². The average Bonchev–Trinajstić information content (AvgIpc) is 4.22. The predicted octanol–water partition coefficient (Wildman–Crippen LogP) is 9.09. The molecule has 4 aromatic heterocycles. The van der Waals surface area contributed by atoms with E-state index >= 15 is 0 Å². The van der Waals surface area contributed by atoms with Crippen molar-refractivity contribution in [1.82, 2.24) is 49.8 Å². The first-order chi connectivity index (χ1) is 34.2. The van der Waals surface area contributed by atoms with Gasteiger partial charge in [0, 0.05) is 71.9 Å². The Hall–Kier alpha value is -6.95. The number of nitrogens with one attached hydrogen (secondary N) is 2. The van der Waals surface area contributed by atoms with Crippen LogP contribution < -0.4 is 16.5 Å². The van der Waals surface area contributed by atoms with Crippen LogP contribution in [0.1, 0.15) is 116 Å². The smallest absolute Gasteiger partial charge is 0.272 e. The van der Waals surface area contributed by atoms with Crippen LogP contribution >= 0.6 is 35.6 Å². The first-order valence-electron chi connectivity index (χ1n) is 22.7. The van der Waals surface area contributed by atoms with E-state index < -0.39 is 0 Å². The molecule has 2 aliphatic rings. The molecule has 2 aromatic carbocycles. The summed E-state index contributed by atoms with van der Waals surface area (Å²) in [6.07, 6.45) is 8.50. The number of amides is 2. The zero-order valence-corrected chi connectivity index (χ0v) is 42.2. The number of oxime groups is 1. The second-order valence-corrected chi connectivity index (χ2v) is 17.6. The summed E-state index contributed by atoms with van der Waals surface area (Å²) in [6.45, 7) is 23.2. The highest BCUT2D eigenvalue weighted by molar-refractivity contribution is 6.34. The number of ether oxygens (including phenoxy) is 2. The SMILES string of the molecule is Cl.NO.[C-]#[N+]c1ccc(-c2ccn(C[C@H](C)NC(=O)c3cc(/C(C)=N\O)n(C4CCCCO4)n3)n2)cc1Cl.[C-]#[N+]c1ccc(-c2ccn(C[C@H](C)NC(=O)c3cc(C(C)=O)n(C4CCCCO4)n3)n2)cc1Cl. The molecule has 0 saturated carbocycles. The van der Waals surface area contributed by atoms with Gasteiger partial charge < -0.3 is 30.5 Å². The van der Waals surface area contributed by atoms with Crippen LogP contribution in [0.5, 0.6) is 0 Å². The number of carbonyl (C=O) groups excluding carboxylic acids is 3. The van der Waals surface area contributed by atoms with Crippen LogP contribution in [-0.2, 0) is 22.6 Å². The quantitative estimate of drug-likeness (QED) is 0.0225. The van der Waals surface area contributed by atoms with E-state index in [1.54, 1.807) is 63.4 Å². The number of benzene rings is 2. The molecule has 2 unspecified atom stereocenters. The molecule has 0 radical (unpaired) electrons. The van der Waals surface area contributed by atoms with E-state index in [0.717, 1.165) is 55.3 Å². The Morgan fingerprint density at radius 2 is 1.15 bits per heavy atom. The molecule has 72 heavy (non-hydrogen) atoms. The third-order valence-electron chi connectivity index (χ3n) is 11.4. The van der Waals surface area contributed by atoms with Crippen LogP contribution in [0.2, 0.25) is 10.0 Å². The summed E-state index contributed by atoms with van der Waals surface area (Å²) in [5.74, 6) is 2.63. The van der Waals surface area contributed by atoms with Crippen LogP contribution in [-0.4, -0.2) is 98.1 Å². The van der Waals surface area contributed by atoms with Gasteiger partial charge in [-0.25, -0.2) is 25.0 Å². The van der Waals surface area contributed by atoms with Crippen LogP contribution in [0.25, 0.3) is 32.2 Å². The lowest BCUT2D eigenvalue weighted by atomic mass is 10.1. The highest BCUT2D eigenvalue weighted by Crippen LogP contribution is 2.32. The van der Waals surface area contributed by atoms with Crippen molar-refractivity contribution in [3.63, 3.8) is 0 Å². The minimum atomic E-state index is -0.363. The van der Waals surface area contributed by atoms with Crippen LogP contribution in [0.4, 0.5) is 11.4 Å². The predicted molar refractivity (Wildman–Crippen MR) is 271 cm³/mol. The van der Waals surface area contributed by atoms with Gasteiger partial charge in [0.2, 0.25) is 11.4 Å². The third kappa shape index (κ3) is 14.1. The van der Waals surface area contributed by atoms with Crippen molar-refractivity contribution in [1.29, 1.82) is 0 Å². The van der Waals surface area contributed by atoms with Crippen LogP contribution in [0.15, 0.2) is 78.2 Å². The summed E-state index contributed by atoms with van der Waals surface area (Å²) in [6, 6.07) is 16.7. The van der Waals surface area contributed by atoms with Gasteiger partial charge in [-0.2, -0.15) is 20.4 Å². The van der Waals surface area contributed by atoms with E-state index in [1.165, 1.54) is 17.7 Å². The molecule has 0 aliphatic carbocycles. The van der Waals surface area contributed by atoms with Crippen molar-refractivity contribution in [3.05, 3.63) is 129 Å². The molecule has 380 valence electrons. The Bertz CT molecular complexity index is 2940. The maximum absolute atomic E-state index is 12.9.